The minimum atomic E-state index is -0.249. The quantitative estimate of drug-likeness (QED) is 0.603. The molecule has 9 heteroatoms. The maximum Gasteiger partial charge on any atom is 0.293 e. The summed E-state index contributed by atoms with van der Waals surface area (Å²) in [6.45, 7) is 4.04. The van der Waals surface area contributed by atoms with Crippen LogP contribution in [0.1, 0.15) is 19.8 Å². The SMILES string of the molecule is CC1CCN(c2ncc(Cl)c(Nc3ccc4c(c3)cc(OCCO)c(=O)n4C)n2)CC1. The molecule has 3 aromatic rings. The fourth-order valence-electron chi connectivity index (χ4n) is 3.73. The second-order valence-corrected chi connectivity index (χ2v) is 8.29. The van der Waals surface area contributed by atoms with E-state index in [0.717, 1.165) is 48.4 Å². The van der Waals surface area contributed by atoms with Crippen LogP contribution in [0.3, 0.4) is 0 Å². The van der Waals surface area contributed by atoms with Crippen molar-refractivity contribution in [3.63, 3.8) is 0 Å². The lowest BCUT2D eigenvalue weighted by molar-refractivity contribution is 0.199. The minimum absolute atomic E-state index is 0.0628. The fourth-order valence-corrected chi connectivity index (χ4v) is 3.87. The first-order valence-corrected chi connectivity index (χ1v) is 10.8. The van der Waals surface area contributed by atoms with Gasteiger partial charge in [-0.25, -0.2) is 4.98 Å². The van der Waals surface area contributed by atoms with Crippen molar-refractivity contribution in [2.24, 2.45) is 13.0 Å². The third kappa shape index (κ3) is 4.60. The number of benzene rings is 1. The molecule has 0 aliphatic carbocycles. The third-order valence-corrected chi connectivity index (χ3v) is 5.88. The predicted molar refractivity (Wildman–Crippen MR) is 123 cm³/mol. The van der Waals surface area contributed by atoms with Crippen LogP contribution in [0.5, 0.6) is 5.75 Å². The average Bonchev–Trinajstić information content (AvgIpc) is 2.77. The van der Waals surface area contributed by atoms with Crippen LogP contribution in [-0.2, 0) is 7.05 Å². The van der Waals surface area contributed by atoms with Crippen LogP contribution < -0.4 is 20.5 Å². The maximum absolute atomic E-state index is 12.4. The molecule has 8 nitrogen and oxygen atoms in total. The van der Waals surface area contributed by atoms with Gasteiger partial charge in [0.25, 0.3) is 5.56 Å². The Bertz CT molecular complexity index is 1140. The Balaban J connectivity index is 1.63. The summed E-state index contributed by atoms with van der Waals surface area (Å²) in [5, 5.41) is 13.5. The van der Waals surface area contributed by atoms with Crippen LogP contribution in [-0.4, -0.2) is 45.9 Å². The molecule has 1 saturated heterocycles. The molecule has 1 aromatic carbocycles. The standard InChI is InChI=1S/C22H26ClN5O3/c1-14-5-7-28(8-6-14)22-24-13-17(23)20(26-22)25-16-3-4-18-15(11-16)12-19(31-10-9-29)21(30)27(18)2/h3-4,11-14,29H,5-10H2,1-2H3,(H,24,25,26). The summed E-state index contributed by atoms with van der Waals surface area (Å²) in [5.41, 5.74) is 1.29. The van der Waals surface area contributed by atoms with Crippen LogP contribution in [0.15, 0.2) is 35.3 Å². The predicted octanol–water partition coefficient (Wildman–Crippen LogP) is 3.33. The Morgan fingerprint density at radius 3 is 2.81 bits per heavy atom. The van der Waals surface area contributed by atoms with Gasteiger partial charge in [-0.1, -0.05) is 18.5 Å². The van der Waals surface area contributed by atoms with E-state index in [1.807, 2.05) is 18.2 Å². The van der Waals surface area contributed by atoms with E-state index < -0.39 is 0 Å². The summed E-state index contributed by atoms with van der Waals surface area (Å²) in [7, 11) is 1.69. The molecule has 1 aliphatic heterocycles. The van der Waals surface area contributed by atoms with E-state index in [-0.39, 0.29) is 24.5 Å². The van der Waals surface area contributed by atoms with E-state index >= 15 is 0 Å². The molecule has 1 aliphatic rings. The van der Waals surface area contributed by atoms with Crippen molar-refractivity contribution in [3.8, 4) is 5.75 Å². The molecule has 0 atom stereocenters. The van der Waals surface area contributed by atoms with Gasteiger partial charge in [-0.05, 0) is 43.0 Å². The first-order valence-electron chi connectivity index (χ1n) is 10.4. The summed E-state index contributed by atoms with van der Waals surface area (Å²) in [5.74, 6) is 2.12. The minimum Gasteiger partial charge on any atom is -0.485 e. The topological polar surface area (TPSA) is 92.5 Å². The van der Waals surface area contributed by atoms with Crippen molar-refractivity contribution >= 4 is 40.0 Å². The van der Waals surface area contributed by atoms with Gasteiger partial charge in [0.05, 0.1) is 18.3 Å². The van der Waals surface area contributed by atoms with Gasteiger partial charge in [0.15, 0.2) is 11.6 Å². The number of piperidine rings is 1. The monoisotopic (exact) mass is 443 g/mol. The zero-order valence-corrected chi connectivity index (χ0v) is 18.4. The number of pyridine rings is 1. The summed E-state index contributed by atoms with van der Waals surface area (Å²) in [6.07, 6.45) is 3.87. The molecule has 0 unspecified atom stereocenters. The van der Waals surface area contributed by atoms with E-state index in [1.165, 1.54) is 4.57 Å². The van der Waals surface area contributed by atoms with E-state index in [2.05, 4.69) is 27.1 Å². The third-order valence-electron chi connectivity index (χ3n) is 5.60. The first kappa shape index (κ1) is 21.4. The highest BCUT2D eigenvalue weighted by Crippen LogP contribution is 2.28. The molecule has 0 amide bonds. The van der Waals surface area contributed by atoms with Gasteiger partial charge in [0, 0.05) is 31.2 Å². The number of anilines is 3. The molecule has 2 N–H and O–H groups in total. The molecule has 2 aromatic heterocycles. The lowest BCUT2D eigenvalue weighted by Gasteiger charge is -2.30. The van der Waals surface area contributed by atoms with E-state index in [1.54, 1.807) is 19.3 Å². The number of fused-ring (bicyclic) bond motifs is 1. The molecule has 0 bridgehead atoms. The van der Waals surface area contributed by atoms with Gasteiger partial charge in [-0.3, -0.25) is 4.79 Å². The summed E-state index contributed by atoms with van der Waals surface area (Å²) < 4.78 is 6.92. The molecule has 1 fully saturated rings. The number of aromatic nitrogens is 3. The van der Waals surface area contributed by atoms with Crippen LogP contribution >= 0.6 is 11.6 Å². The second kappa shape index (κ2) is 9.11. The molecular weight excluding hydrogens is 418 g/mol. The average molecular weight is 444 g/mol. The Morgan fingerprint density at radius 1 is 1.29 bits per heavy atom. The van der Waals surface area contributed by atoms with Crippen molar-refractivity contribution in [2.75, 3.05) is 36.5 Å². The van der Waals surface area contributed by atoms with Gasteiger partial charge in [-0.15, -0.1) is 0 Å². The number of rotatable bonds is 6. The smallest absolute Gasteiger partial charge is 0.293 e. The molecule has 31 heavy (non-hydrogen) atoms. The van der Waals surface area contributed by atoms with Crippen LogP contribution in [0.4, 0.5) is 17.5 Å². The lowest BCUT2D eigenvalue weighted by Crippen LogP contribution is -2.34. The molecule has 3 heterocycles. The van der Waals surface area contributed by atoms with Crippen molar-refractivity contribution in [2.45, 2.75) is 19.8 Å². The zero-order valence-electron chi connectivity index (χ0n) is 17.6. The second-order valence-electron chi connectivity index (χ2n) is 7.88. The Hall–Kier alpha value is -2.84. The number of aryl methyl sites for hydroxylation is 1. The highest BCUT2D eigenvalue weighted by molar-refractivity contribution is 6.32. The highest BCUT2D eigenvalue weighted by atomic mass is 35.5. The lowest BCUT2D eigenvalue weighted by atomic mass is 10.00. The van der Waals surface area contributed by atoms with Gasteiger partial charge >= 0.3 is 0 Å². The molecule has 0 saturated carbocycles. The summed E-state index contributed by atoms with van der Waals surface area (Å²) in [6, 6.07) is 7.31. The molecule has 164 valence electrons. The van der Waals surface area contributed by atoms with E-state index in [4.69, 9.17) is 21.4 Å². The normalized spacial score (nSPS) is 14.8. The fraction of sp³-hybridized carbons (Fsp3) is 0.409. The van der Waals surface area contributed by atoms with Crippen LogP contribution in [0, 0.1) is 5.92 Å². The number of hydrogen-bond acceptors (Lipinski definition) is 7. The van der Waals surface area contributed by atoms with Gasteiger partial charge in [0.2, 0.25) is 5.95 Å². The van der Waals surface area contributed by atoms with Gasteiger partial charge < -0.3 is 24.6 Å². The van der Waals surface area contributed by atoms with Crippen molar-refractivity contribution in [3.05, 3.63) is 45.8 Å². The molecule has 0 spiro atoms. The van der Waals surface area contributed by atoms with Crippen LogP contribution in [0.2, 0.25) is 5.02 Å². The Kier molecular flexibility index (Phi) is 6.29. The number of nitrogens with zero attached hydrogens (tertiary/aromatic N) is 4. The number of hydrogen-bond donors (Lipinski definition) is 2. The number of aliphatic hydroxyl groups is 1. The number of halogens is 1. The van der Waals surface area contributed by atoms with Gasteiger partial charge in [0.1, 0.15) is 11.6 Å². The first-order chi connectivity index (χ1) is 15.0. The summed E-state index contributed by atoms with van der Waals surface area (Å²) >= 11 is 6.36. The highest BCUT2D eigenvalue weighted by Gasteiger charge is 2.19. The molecule has 0 radical (unpaired) electrons. The van der Waals surface area contributed by atoms with Crippen molar-refractivity contribution in [1.82, 2.24) is 14.5 Å². The van der Waals surface area contributed by atoms with Crippen LogP contribution in [0.25, 0.3) is 10.9 Å². The van der Waals surface area contributed by atoms with E-state index in [9.17, 15) is 4.79 Å². The molecular formula is C22H26ClN5O3. The van der Waals surface area contributed by atoms with E-state index in [0.29, 0.717) is 16.8 Å². The number of ether oxygens (including phenoxy) is 1. The van der Waals surface area contributed by atoms with Crippen molar-refractivity contribution in [1.29, 1.82) is 0 Å². The Labute approximate surface area is 185 Å². The number of nitrogens with one attached hydrogen (secondary N) is 1. The Morgan fingerprint density at radius 2 is 2.06 bits per heavy atom. The van der Waals surface area contributed by atoms with Crippen molar-refractivity contribution < 1.29 is 9.84 Å². The maximum atomic E-state index is 12.4. The summed E-state index contributed by atoms with van der Waals surface area (Å²) in [4.78, 5) is 23.7. The van der Waals surface area contributed by atoms with Gasteiger partial charge in [-0.2, -0.15) is 4.98 Å². The zero-order chi connectivity index (χ0) is 22.0. The molecule has 4 rings (SSSR count). The largest absolute Gasteiger partial charge is 0.485 e. The number of aliphatic hydroxyl groups excluding tert-OH is 1.